The van der Waals surface area contributed by atoms with Crippen molar-refractivity contribution < 1.29 is 4.39 Å². The van der Waals surface area contributed by atoms with Crippen LogP contribution in [0.3, 0.4) is 0 Å². The molecule has 0 saturated heterocycles. The highest BCUT2D eigenvalue weighted by Gasteiger charge is 2.01. The molecule has 0 aliphatic rings. The highest BCUT2D eigenvalue weighted by molar-refractivity contribution is 7.13. The molecule has 0 amide bonds. The van der Waals surface area contributed by atoms with Crippen molar-refractivity contribution in [3.05, 3.63) is 14.1 Å². The predicted octanol–water partition coefficient (Wildman–Crippen LogP) is 0.928. The summed E-state index contributed by atoms with van der Waals surface area (Å²) in [4.78, 5) is 10.4. The van der Waals surface area contributed by atoms with Gasteiger partial charge in [-0.2, -0.15) is 0 Å². The van der Waals surface area contributed by atoms with E-state index in [2.05, 4.69) is 5.10 Å². The van der Waals surface area contributed by atoms with E-state index >= 15 is 0 Å². The molecule has 0 bridgehead atoms. The number of hydrogen-bond acceptors (Lipinski definition) is 3. The first-order valence-electron chi connectivity index (χ1n) is 2.53. The quantitative estimate of drug-likeness (QED) is 0.682. The number of rotatable bonds is 2. The van der Waals surface area contributed by atoms with Gasteiger partial charge < -0.3 is 0 Å². The highest BCUT2D eigenvalue weighted by Crippen LogP contribution is 2.04. The van der Waals surface area contributed by atoms with Crippen LogP contribution in [0.15, 0.2) is 4.79 Å². The molecule has 0 N–H and O–H groups in total. The Morgan fingerprint density at radius 1 is 1.80 bits per heavy atom. The minimum absolute atomic E-state index is 0.0119. The van der Waals surface area contributed by atoms with Gasteiger partial charge in [-0.05, 0) is 22.9 Å². The van der Waals surface area contributed by atoms with E-state index in [1.54, 1.807) is 0 Å². The molecular weight excluding hydrogens is 179 g/mol. The second-order valence-electron chi connectivity index (χ2n) is 1.53. The zero-order valence-corrected chi connectivity index (χ0v) is 6.45. The van der Waals surface area contributed by atoms with Crippen molar-refractivity contribution in [1.82, 2.24) is 9.78 Å². The normalized spacial score (nSPS) is 10.2. The Kier molecular flexibility index (Phi) is 2.39. The summed E-state index contributed by atoms with van der Waals surface area (Å²) in [6.45, 7) is -0.609. The number of alkyl halides is 1. The van der Waals surface area contributed by atoms with Gasteiger partial charge in [-0.1, -0.05) is 0 Å². The summed E-state index contributed by atoms with van der Waals surface area (Å²) in [5, 5.41) is 3.55. The van der Waals surface area contributed by atoms with E-state index in [4.69, 9.17) is 11.6 Å². The standard InChI is InChI=1S/C4H4ClFN2OS/c5-3-7-8(2-1-6)4(9)10-3/h1-2H2. The maximum atomic E-state index is 11.6. The molecule has 1 heterocycles. The molecule has 0 spiro atoms. The van der Waals surface area contributed by atoms with Crippen LogP contribution in [0.2, 0.25) is 4.47 Å². The second-order valence-corrected chi connectivity index (χ2v) is 3.06. The average molecular weight is 183 g/mol. The predicted molar refractivity (Wildman–Crippen MR) is 37.4 cm³/mol. The molecule has 0 aliphatic heterocycles. The van der Waals surface area contributed by atoms with E-state index in [9.17, 15) is 9.18 Å². The van der Waals surface area contributed by atoms with Crippen molar-refractivity contribution in [3.8, 4) is 0 Å². The Morgan fingerprint density at radius 3 is 2.90 bits per heavy atom. The lowest BCUT2D eigenvalue weighted by Gasteiger charge is -1.89. The van der Waals surface area contributed by atoms with Crippen molar-refractivity contribution in [2.45, 2.75) is 6.54 Å². The van der Waals surface area contributed by atoms with Crippen LogP contribution in [0, 0.1) is 0 Å². The molecule has 6 heteroatoms. The first-order chi connectivity index (χ1) is 4.74. The Morgan fingerprint density at radius 2 is 2.50 bits per heavy atom. The van der Waals surface area contributed by atoms with Crippen LogP contribution in [-0.2, 0) is 6.54 Å². The molecule has 0 aromatic carbocycles. The smallest absolute Gasteiger partial charge is 0.255 e. The van der Waals surface area contributed by atoms with Gasteiger partial charge in [0.15, 0.2) is 0 Å². The van der Waals surface area contributed by atoms with Gasteiger partial charge in [0.2, 0.25) is 4.47 Å². The zero-order chi connectivity index (χ0) is 7.56. The van der Waals surface area contributed by atoms with E-state index in [1.807, 2.05) is 0 Å². The fourth-order valence-electron chi connectivity index (χ4n) is 0.502. The first kappa shape index (κ1) is 7.68. The van der Waals surface area contributed by atoms with E-state index in [0.29, 0.717) is 0 Å². The molecule has 1 aromatic rings. The minimum Gasteiger partial charge on any atom is -0.255 e. The van der Waals surface area contributed by atoms with Crippen molar-refractivity contribution in [2.24, 2.45) is 0 Å². The number of aryl methyl sites for hydroxylation is 1. The fraction of sp³-hybridized carbons (Fsp3) is 0.500. The van der Waals surface area contributed by atoms with Crippen molar-refractivity contribution in [1.29, 1.82) is 0 Å². The lowest BCUT2D eigenvalue weighted by atomic mass is 10.7. The lowest BCUT2D eigenvalue weighted by molar-refractivity contribution is 0.422. The Labute approximate surface area is 65.0 Å². The molecule has 0 aliphatic carbocycles. The van der Waals surface area contributed by atoms with Gasteiger partial charge in [-0.15, -0.1) is 5.10 Å². The highest BCUT2D eigenvalue weighted by atomic mass is 35.5. The van der Waals surface area contributed by atoms with Gasteiger partial charge in [0.25, 0.3) is 0 Å². The van der Waals surface area contributed by atoms with Gasteiger partial charge >= 0.3 is 4.87 Å². The third-order valence-electron chi connectivity index (χ3n) is 0.878. The number of hydrogen-bond donors (Lipinski definition) is 0. The van der Waals surface area contributed by atoms with Crippen LogP contribution in [0.25, 0.3) is 0 Å². The molecule has 1 rings (SSSR count). The molecule has 0 atom stereocenters. The zero-order valence-electron chi connectivity index (χ0n) is 4.88. The van der Waals surface area contributed by atoms with Crippen LogP contribution in [0.1, 0.15) is 0 Å². The summed E-state index contributed by atoms with van der Waals surface area (Å²) in [6.07, 6.45) is 0. The molecular formula is C4H4ClFN2OS. The first-order valence-corrected chi connectivity index (χ1v) is 3.73. The molecule has 0 saturated carbocycles. The summed E-state index contributed by atoms with van der Waals surface area (Å²) in [5.41, 5.74) is 0. The van der Waals surface area contributed by atoms with Gasteiger partial charge in [0.05, 0.1) is 6.54 Å². The maximum absolute atomic E-state index is 11.6. The molecule has 0 radical (unpaired) electrons. The van der Waals surface area contributed by atoms with Crippen LogP contribution in [0.4, 0.5) is 4.39 Å². The minimum atomic E-state index is -0.597. The monoisotopic (exact) mass is 182 g/mol. The number of aromatic nitrogens is 2. The molecule has 56 valence electrons. The van der Waals surface area contributed by atoms with Gasteiger partial charge in [-0.25, -0.2) is 9.07 Å². The SMILES string of the molecule is O=c1sc(Cl)nn1CCF. The molecule has 1 aromatic heterocycles. The van der Waals surface area contributed by atoms with Gasteiger partial charge in [0.1, 0.15) is 6.67 Å². The summed E-state index contributed by atoms with van der Waals surface area (Å²) < 4.78 is 12.8. The van der Waals surface area contributed by atoms with Crippen LogP contribution < -0.4 is 4.87 Å². The van der Waals surface area contributed by atoms with Crippen LogP contribution >= 0.6 is 22.9 Å². The summed E-state index contributed by atoms with van der Waals surface area (Å²) in [5.74, 6) is 0. The third-order valence-corrected chi connectivity index (χ3v) is 1.82. The largest absolute Gasteiger partial charge is 0.326 e. The average Bonchev–Trinajstić information content (AvgIpc) is 2.13. The summed E-state index contributed by atoms with van der Waals surface area (Å²) >= 11 is 6.17. The Bertz CT molecular complexity index is 270. The lowest BCUT2D eigenvalue weighted by Crippen LogP contribution is -2.15. The summed E-state index contributed by atoms with van der Waals surface area (Å²) in [6, 6.07) is 0. The van der Waals surface area contributed by atoms with Gasteiger partial charge in [0, 0.05) is 0 Å². The third kappa shape index (κ3) is 1.54. The topological polar surface area (TPSA) is 34.9 Å². The molecule has 0 unspecified atom stereocenters. The second kappa shape index (κ2) is 3.12. The Hall–Kier alpha value is -0.420. The Balaban J connectivity index is 2.92. The molecule has 10 heavy (non-hydrogen) atoms. The van der Waals surface area contributed by atoms with Crippen molar-refractivity contribution >= 4 is 22.9 Å². The van der Waals surface area contributed by atoms with Crippen LogP contribution in [0.5, 0.6) is 0 Å². The summed E-state index contributed by atoms with van der Waals surface area (Å²) in [7, 11) is 0. The molecule has 0 fully saturated rings. The number of halogens is 2. The van der Waals surface area contributed by atoms with E-state index in [1.165, 1.54) is 0 Å². The van der Waals surface area contributed by atoms with E-state index in [-0.39, 0.29) is 15.9 Å². The number of nitrogens with zero attached hydrogens (tertiary/aromatic N) is 2. The maximum Gasteiger partial charge on any atom is 0.326 e. The fourth-order valence-corrected chi connectivity index (χ4v) is 1.31. The van der Waals surface area contributed by atoms with Crippen LogP contribution in [-0.4, -0.2) is 16.5 Å². The van der Waals surface area contributed by atoms with E-state index in [0.717, 1.165) is 16.0 Å². The van der Waals surface area contributed by atoms with Crippen molar-refractivity contribution in [2.75, 3.05) is 6.67 Å². The van der Waals surface area contributed by atoms with Gasteiger partial charge in [-0.3, -0.25) is 4.79 Å². The van der Waals surface area contributed by atoms with E-state index < -0.39 is 6.67 Å². The molecule has 3 nitrogen and oxygen atoms in total. The van der Waals surface area contributed by atoms with Crippen molar-refractivity contribution in [3.63, 3.8) is 0 Å².